The van der Waals surface area contributed by atoms with Crippen LogP contribution in [0.1, 0.15) is 37.4 Å². The molecule has 182 valence electrons. The summed E-state index contributed by atoms with van der Waals surface area (Å²) >= 11 is 0. The van der Waals surface area contributed by atoms with E-state index in [-0.39, 0.29) is 11.9 Å². The van der Waals surface area contributed by atoms with Gasteiger partial charge in [-0.05, 0) is 72.5 Å². The summed E-state index contributed by atoms with van der Waals surface area (Å²) in [5.41, 5.74) is 4.21. The highest BCUT2D eigenvalue weighted by atomic mass is 16.5. The van der Waals surface area contributed by atoms with Gasteiger partial charge in [-0.3, -0.25) is 4.79 Å². The lowest BCUT2D eigenvalue weighted by Gasteiger charge is -2.23. The third kappa shape index (κ3) is 6.39. The second-order valence-corrected chi connectivity index (χ2v) is 8.54. The average molecular weight is 480 g/mol. The van der Waals surface area contributed by atoms with Crippen LogP contribution in [-0.4, -0.2) is 30.4 Å². The fourth-order valence-electron chi connectivity index (χ4n) is 3.89. The standard InChI is InChI=1S/C31H29NO4/c1-23-8-6-7-11-29(23)36-28-18-16-26(17-19-28)30(33)32(21-20-24-9-4-3-5-10-24)22-25-12-14-27(15-13-25)31(34)35-2/h3-19H,20-22H2,1-2H3. The minimum atomic E-state index is -0.383. The van der Waals surface area contributed by atoms with Crippen LogP contribution in [0.15, 0.2) is 103 Å². The van der Waals surface area contributed by atoms with Crippen molar-refractivity contribution in [1.82, 2.24) is 4.90 Å². The van der Waals surface area contributed by atoms with Crippen molar-refractivity contribution in [2.45, 2.75) is 19.9 Å². The van der Waals surface area contributed by atoms with Gasteiger partial charge in [-0.25, -0.2) is 4.79 Å². The number of hydrogen-bond donors (Lipinski definition) is 0. The van der Waals surface area contributed by atoms with E-state index in [1.54, 1.807) is 24.3 Å². The Bertz CT molecular complexity index is 1300. The van der Waals surface area contributed by atoms with Gasteiger partial charge in [-0.2, -0.15) is 0 Å². The molecule has 4 aromatic rings. The number of rotatable bonds is 9. The lowest BCUT2D eigenvalue weighted by atomic mass is 10.1. The zero-order chi connectivity index (χ0) is 25.3. The van der Waals surface area contributed by atoms with Gasteiger partial charge in [-0.15, -0.1) is 0 Å². The summed E-state index contributed by atoms with van der Waals surface area (Å²) in [4.78, 5) is 27.1. The number of carbonyl (C=O) groups is 2. The fourth-order valence-corrected chi connectivity index (χ4v) is 3.89. The lowest BCUT2D eigenvalue weighted by molar-refractivity contribution is 0.0600. The van der Waals surface area contributed by atoms with Gasteiger partial charge >= 0.3 is 5.97 Å². The Morgan fingerprint density at radius 1 is 0.722 bits per heavy atom. The van der Waals surface area contributed by atoms with Crippen LogP contribution in [0.5, 0.6) is 11.5 Å². The van der Waals surface area contributed by atoms with E-state index >= 15 is 0 Å². The normalized spacial score (nSPS) is 10.5. The maximum absolute atomic E-state index is 13.5. The molecule has 0 saturated heterocycles. The van der Waals surface area contributed by atoms with Gasteiger partial charge in [-0.1, -0.05) is 60.7 Å². The molecule has 0 heterocycles. The monoisotopic (exact) mass is 479 g/mol. The first-order valence-electron chi connectivity index (χ1n) is 11.9. The van der Waals surface area contributed by atoms with E-state index in [1.807, 2.05) is 78.6 Å². The smallest absolute Gasteiger partial charge is 0.337 e. The number of benzene rings is 4. The van der Waals surface area contributed by atoms with Crippen molar-refractivity contribution in [3.8, 4) is 11.5 Å². The molecular weight excluding hydrogens is 450 g/mol. The number of hydrogen-bond acceptors (Lipinski definition) is 4. The summed E-state index contributed by atoms with van der Waals surface area (Å²) in [5, 5.41) is 0. The largest absolute Gasteiger partial charge is 0.465 e. The molecule has 0 radical (unpaired) electrons. The highest BCUT2D eigenvalue weighted by Crippen LogP contribution is 2.25. The van der Waals surface area contributed by atoms with Gasteiger partial charge in [0, 0.05) is 18.7 Å². The molecule has 1 amide bonds. The summed E-state index contributed by atoms with van der Waals surface area (Å²) in [6.45, 7) is 2.98. The van der Waals surface area contributed by atoms with E-state index in [9.17, 15) is 9.59 Å². The summed E-state index contributed by atoms with van der Waals surface area (Å²) in [7, 11) is 1.36. The van der Waals surface area contributed by atoms with Crippen LogP contribution in [0, 0.1) is 6.92 Å². The molecule has 4 aromatic carbocycles. The molecule has 0 saturated carbocycles. The summed E-state index contributed by atoms with van der Waals surface area (Å²) in [6.07, 6.45) is 0.737. The molecule has 0 unspecified atom stereocenters. The van der Waals surface area contributed by atoms with E-state index < -0.39 is 0 Å². The molecular formula is C31H29NO4. The van der Waals surface area contributed by atoms with E-state index in [1.165, 1.54) is 12.7 Å². The number of amides is 1. The first-order valence-corrected chi connectivity index (χ1v) is 11.9. The topological polar surface area (TPSA) is 55.8 Å². The molecule has 0 aliphatic heterocycles. The van der Waals surface area contributed by atoms with Crippen LogP contribution < -0.4 is 4.74 Å². The number of esters is 1. The molecule has 0 aliphatic rings. The SMILES string of the molecule is COC(=O)c1ccc(CN(CCc2ccccc2)C(=O)c2ccc(Oc3ccccc3C)cc2)cc1. The Balaban J connectivity index is 1.51. The molecule has 0 fully saturated rings. The maximum atomic E-state index is 13.5. The molecule has 4 rings (SSSR count). The van der Waals surface area contributed by atoms with E-state index in [0.717, 1.165) is 23.3 Å². The van der Waals surface area contributed by atoms with Crippen LogP contribution in [0.2, 0.25) is 0 Å². The van der Waals surface area contributed by atoms with Crippen molar-refractivity contribution >= 4 is 11.9 Å². The Labute approximate surface area is 211 Å². The number of nitrogens with zero attached hydrogens (tertiary/aromatic N) is 1. The van der Waals surface area contributed by atoms with Crippen molar-refractivity contribution in [2.75, 3.05) is 13.7 Å². The van der Waals surface area contributed by atoms with E-state index in [0.29, 0.717) is 30.0 Å². The second kappa shape index (κ2) is 11.8. The minimum Gasteiger partial charge on any atom is -0.465 e. The van der Waals surface area contributed by atoms with Gasteiger partial charge in [0.25, 0.3) is 5.91 Å². The van der Waals surface area contributed by atoms with Crippen LogP contribution >= 0.6 is 0 Å². The average Bonchev–Trinajstić information content (AvgIpc) is 2.93. The lowest BCUT2D eigenvalue weighted by Crippen LogP contribution is -2.32. The molecule has 5 nitrogen and oxygen atoms in total. The Morgan fingerprint density at radius 3 is 2.03 bits per heavy atom. The van der Waals surface area contributed by atoms with Gasteiger partial charge in [0.15, 0.2) is 0 Å². The molecule has 0 spiro atoms. The summed E-state index contributed by atoms with van der Waals surface area (Å²) in [5.74, 6) is 1.02. The predicted molar refractivity (Wildman–Crippen MR) is 140 cm³/mol. The van der Waals surface area contributed by atoms with Gasteiger partial charge in [0.2, 0.25) is 0 Å². The van der Waals surface area contributed by atoms with Crippen LogP contribution in [-0.2, 0) is 17.7 Å². The molecule has 0 bridgehead atoms. The van der Waals surface area contributed by atoms with E-state index in [4.69, 9.17) is 9.47 Å². The minimum absolute atomic E-state index is 0.0644. The Morgan fingerprint density at radius 2 is 1.36 bits per heavy atom. The van der Waals surface area contributed by atoms with Crippen molar-refractivity contribution in [1.29, 1.82) is 0 Å². The quantitative estimate of drug-likeness (QED) is 0.259. The molecule has 0 aromatic heterocycles. The predicted octanol–water partition coefficient (Wildman–Crippen LogP) is 6.46. The zero-order valence-corrected chi connectivity index (χ0v) is 20.5. The third-order valence-corrected chi connectivity index (χ3v) is 5.97. The highest BCUT2D eigenvalue weighted by Gasteiger charge is 2.17. The second-order valence-electron chi connectivity index (χ2n) is 8.54. The molecule has 0 aliphatic carbocycles. The number of para-hydroxylation sites is 1. The van der Waals surface area contributed by atoms with Gasteiger partial charge in [0.1, 0.15) is 11.5 Å². The third-order valence-electron chi connectivity index (χ3n) is 5.97. The fraction of sp³-hybridized carbons (Fsp3) is 0.161. The van der Waals surface area contributed by atoms with E-state index in [2.05, 4.69) is 12.1 Å². The maximum Gasteiger partial charge on any atom is 0.337 e. The zero-order valence-electron chi connectivity index (χ0n) is 20.5. The molecule has 0 atom stereocenters. The van der Waals surface area contributed by atoms with Gasteiger partial charge in [0.05, 0.1) is 12.7 Å². The van der Waals surface area contributed by atoms with Crippen LogP contribution in [0.4, 0.5) is 0 Å². The van der Waals surface area contributed by atoms with Crippen LogP contribution in [0.3, 0.4) is 0 Å². The summed E-state index contributed by atoms with van der Waals surface area (Å²) < 4.78 is 10.8. The number of aryl methyl sites for hydroxylation is 1. The van der Waals surface area contributed by atoms with Crippen LogP contribution in [0.25, 0.3) is 0 Å². The number of carbonyl (C=O) groups excluding carboxylic acids is 2. The van der Waals surface area contributed by atoms with Crippen molar-refractivity contribution in [3.05, 3.63) is 131 Å². The highest BCUT2D eigenvalue weighted by molar-refractivity contribution is 5.94. The Hall–Kier alpha value is -4.38. The first kappa shape index (κ1) is 24.7. The Kier molecular flexibility index (Phi) is 8.14. The molecule has 0 N–H and O–H groups in total. The molecule has 5 heteroatoms. The van der Waals surface area contributed by atoms with Crippen molar-refractivity contribution in [3.63, 3.8) is 0 Å². The molecule has 36 heavy (non-hydrogen) atoms. The van der Waals surface area contributed by atoms with Crippen molar-refractivity contribution in [2.24, 2.45) is 0 Å². The summed E-state index contributed by atoms with van der Waals surface area (Å²) in [6, 6.07) is 32.3. The first-order chi connectivity index (χ1) is 17.5. The number of ether oxygens (including phenoxy) is 2. The van der Waals surface area contributed by atoms with Crippen molar-refractivity contribution < 1.29 is 19.1 Å². The number of methoxy groups -OCH3 is 1. The van der Waals surface area contributed by atoms with Gasteiger partial charge < -0.3 is 14.4 Å².